The van der Waals surface area contributed by atoms with Gasteiger partial charge in [0.25, 0.3) is 0 Å². The summed E-state index contributed by atoms with van der Waals surface area (Å²) in [5.74, 6) is 0.622. The van der Waals surface area contributed by atoms with Crippen LogP contribution in [0.1, 0.15) is 18.7 Å². The van der Waals surface area contributed by atoms with E-state index in [1.807, 2.05) is 32.8 Å². The second kappa shape index (κ2) is 4.41. The number of nitrogen functional groups attached to an aromatic ring is 1. The quantitative estimate of drug-likeness (QED) is 0.855. The lowest BCUT2D eigenvalue weighted by molar-refractivity contribution is 0.245. The monoisotopic (exact) mass is 225 g/mol. The number of nitrogens with two attached hydrogens (primary N) is 1. The Bertz CT molecular complexity index is 390. The first-order chi connectivity index (χ1) is 6.97. The van der Waals surface area contributed by atoms with Crippen molar-refractivity contribution in [1.29, 1.82) is 5.26 Å². The molecule has 1 aromatic rings. The molecule has 0 bridgehead atoms. The summed E-state index contributed by atoms with van der Waals surface area (Å²) in [4.78, 5) is 2.41. The molecule has 1 heterocycles. The highest BCUT2D eigenvalue weighted by atomic mass is 32.1. The molecule has 0 fully saturated rings. The molecular weight excluding hydrogens is 210 g/mol. The molecule has 82 valence electrons. The fraction of sp³-hybridized carbons (Fsp3) is 0.500. The molecule has 0 saturated carbocycles. The van der Waals surface area contributed by atoms with E-state index < -0.39 is 0 Å². The zero-order chi connectivity index (χ0) is 11.6. The van der Waals surface area contributed by atoms with Crippen molar-refractivity contribution >= 4 is 22.0 Å². The third kappa shape index (κ3) is 2.34. The van der Waals surface area contributed by atoms with Crippen LogP contribution in [-0.4, -0.2) is 20.2 Å². The van der Waals surface area contributed by atoms with Crippen molar-refractivity contribution in [3.05, 3.63) is 4.88 Å². The molecular formula is C10H15N3OS. The van der Waals surface area contributed by atoms with Gasteiger partial charge in [0.2, 0.25) is 0 Å². The van der Waals surface area contributed by atoms with Crippen molar-refractivity contribution in [2.24, 2.45) is 0 Å². The third-order valence-corrected chi connectivity index (χ3v) is 3.00. The van der Waals surface area contributed by atoms with Crippen LogP contribution in [0, 0.1) is 11.3 Å². The van der Waals surface area contributed by atoms with Crippen molar-refractivity contribution in [1.82, 2.24) is 0 Å². The van der Waals surface area contributed by atoms with E-state index in [4.69, 9.17) is 15.7 Å². The molecule has 1 aromatic heterocycles. The Hall–Kier alpha value is -1.41. The molecule has 2 N–H and O–H groups in total. The van der Waals surface area contributed by atoms with Crippen molar-refractivity contribution in [2.75, 3.05) is 24.7 Å². The maximum atomic E-state index is 8.88. The summed E-state index contributed by atoms with van der Waals surface area (Å²) in [5.41, 5.74) is 6.28. The van der Waals surface area contributed by atoms with E-state index in [1.165, 1.54) is 11.3 Å². The number of rotatable bonds is 3. The van der Waals surface area contributed by atoms with Gasteiger partial charge in [-0.2, -0.15) is 5.26 Å². The number of anilines is 2. The first kappa shape index (κ1) is 11.7. The number of nitriles is 1. The first-order valence-electron chi connectivity index (χ1n) is 4.63. The maximum absolute atomic E-state index is 8.88. The summed E-state index contributed by atoms with van der Waals surface area (Å²) in [6.45, 7) is 3.87. The summed E-state index contributed by atoms with van der Waals surface area (Å²) < 4.78 is 5.61. The van der Waals surface area contributed by atoms with Gasteiger partial charge in [-0.15, -0.1) is 11.3 Å². The van der Waals surface area contributed by atoms with Crippen LogP contribution in [0.5, 0.6) is 5.75 Å². The van der Waals surface area contributed by atoms with Gasteiger partial charge in [-0.3, -0.25) is 0 Å². The van der Waals surface area contributed by atoms with Crippen LogP contribution in [0.4, 0.5) is 10.7 Å². The Kier molecular flexibility index (Phi) is 3.43. The molecule has 15 heavy (non-hydrogen) atoms. The summed E-state index contributed by atoms with van der Waals surface area (Å²) in [6, 6.07) is 2.07. The summed E-state index contributed by atoms with van der Waals surface area (Å²) in [7, 11) is 3.80. The van der Waals surface area contributed by atoms with E-state index >= 15 is 0 Å². The molecule has 5 heteroatoms. The van der Waals surface area contributed by atoms with Gasteiger partial charge in [-0.05, 0) is 13.8 Å². The maximum Gasteiger partial charge on any atom is 0.178 e. The van der Waals surface area contributed by atoms with Crippen LogP contribution in [0.15, 0.2) is 0 Å². The van der Waals surface area contributed by atoms with E-state index in [0.717, 1.165) is 5.00 Å². The molecule has 0 saturated heterocycles. The number of hydrogen-bond donors (Lipinski definition) is 1. The van der Waals surface area contributed by atoms with Gasteiger partial charge in [-0.1, -0.05) is 0 Å². The molecule has 1 rings (SSSR count). The van der Waals surface area contributed by atoms with Crippen molar-refractivity contribution < 1.29 is 4.74 Å². The van der Waals surface area contributed by atoms with Crippen LogP contribution in [0.25, 0.3) is 0 Å². The minimum Gasteiger partial charge on any atom is -0.486 e. The predicted molar refractivity (Wildman–Crippen MR) is 63.5 cm³/mol. The zero-order valence-corrected chi connectivity index (χ0v) is 10.2. The fourth-order valence-corrected chi connectivity index (χ4v) is 2.02. The normalized spacial score (nSPS) is 10.1. The van der Waals surface area contributed by atoms with Crippen LogP contribution in [-0.2, 0) is 0 Å². The standard InChI is InChI=1S/C10H15N3OS/c1-6(2)14-9-8(12)7(5-11)15-10(9)13(3)4/h6H,12H2,1-4H3. The topological polar surface area (TPSA) is 62.3 Å². The fourth-order valence-electron chi connectivity index (χ4n) is 1.14. The highest BCUT2D eigenvalue weighted by Gasteiger charge is 2.19. The second-order valence-corrected chi connectivity index (χ2v) is 4.65. The molecule has 0 unspecified atom stereocenters. The highest BCUT2D eigenvalue weighted by molar-refractivity contribution is 7.17. The average Bonchev–Trinajstić information content (AvgIpc) is 2.43. The second-order valence-electron chi connectivity index (χ2n) is 3.65. The Balaban J connectivity index is 3.21. The molecule has 0 aliphatic rings. The largest absolute Gasteiger partial charge is 0.486 e. The number of hydrogen-bond acceptors (Lipinski definition) is 5. The van der Waals surface area contributed by atoms with E-state index in [2.05, 4.69) is 6.07 Å². The Morgan fingerprint density at radius 2 is 2.07 bits per heavy atom. The van der Waals surface area contributed by atoms with E-state index in [9.17, 15) is 0 Å². The molecule has 0 radical (unpaired) electrons. The third-order valence-electron chi connectivity index (χ3n) is 1.74. The Morgan fingerprint density at radius 3 is 2.47 bits per heavy atom. The van der Waals surface area contributed by atoms with Crippen LogP contribution < -0.4 is 15.4 Å². The summed E-state index contributed by atoms with van der Waals surface area (Å²) >= 11 is 1.35. The average molecular weight is 225 g/mol. The van der Waals surface area contributed by atoms with Crippen molar-refractivity contribution in [2.45, 2.75) is 20.0 Å². The predicted octanol–water partition coefficient (Wildman–Crippen LogP) is 2.06. The van der Waals surface area contributed by atoms with Gasteiger partial charge in [0.05, 0.1) is 6.10 Å². The SMILES string of the molecule is CC(C)Oc1c(N(C)C)sc(C#N)c1N. The van der Waals surface area contributed by atoms with E-state index in [1.54, 1.807) is 0 Å². The summed E-state index contributed by atoms with van der Waals surface area (Å²) in [5, 5.41) is 9.77. The van der Waals surface area contributed by atoms with Crippen LogP contribution >= 0.6 is 11.3 Å². The van der Waals surface area contributed by atoms with Gasteiger partial charge in [-0.25, -0.2) is 0 Å². The molecule has 0 aliphatic heterocycles. The smallest absolute Gasteiger partial charge is 0.178 e. The van der Waals surface area contributed by atoms with Gasteiger partial charge in [0.1, 0.15) is 21.6 Å². The number of ether oxygens (including phenoxy) is 1. The number of thiophene rings is 1. The first-order valence-corrected chi connectivity index (χ1v) is 5.45. The Labute approximate surface area is 93.9 Å². The van der Waals surface area contributed by atoms with Crippen LogP contribution in [0.2, 0.25) is 0 Å². The molecule has 0 aromatic carbocycles. The van der Waals surface area contributed by atoms with Crippen molar-refractivity contribution in [3.63, 3.8) is 0 Å². The minimum atomic E-state index is 0.0483. The number of nitrogens with zero attached hydrogens (tertiary/aromatic N) is 2. The summed E-state index contributed by atoms with van der Waals surface area (Å²) in [6.07, 6.45) is 0.0483. The van der Waals surface area contributed by atoms with Gasteiger partial charge in [0, 0.05) is 14.1 Å². The van der Waals surface area contributed by atoms with Gasteiger partial charge in [0.15, 0.2) is 5.75 Å². The molecule has 0 spiro atoms. The minimum absolute atomic E-state index is 0.0483. The Morgan fingerprint density at radius 1 is 1.47 bits per heavy atom. The molecule has 0 atom stereocenters. The lowest BCUT2D eigenvalue weighted by Gasteiger charge is -2.15. The van der Waals surface area contributed by atoms with Crippen molar-refractivity contribution in [3.8, 4) is 11.8 Å². The lowest BCUT2D eigenvalue weighted by Crippen LogP contribution is -2.12. The van der Waals surface area contributed by atoms with E-state index in [0.29, 0.717) is 16.3 Å². The molecule has 4 nitrogen and oxygen atoms in total. The van der Waals surface area contributed by atoms with Gasteiger partial charge < -0.3 is 15.4 Å². The lowest BCUT2D eigenvalue weighted by atomic mass is 10.3. The van der Waals surface area contributed by atoms with Crippen LogP contribution in [0.3, 0.4) is 0 Å². The highest BCUT2D eigenvalue weighted by Crippen LogP contribution is 2.44. The molecule has 0 amide bonds. The van der Waals surface area contributed by atoms with E-state index in [-0.39, 0.29) is 6.10 Å². The zero-order valence-electron chi connectivity index (χ0n) is 9.37. The molecule has 0 aliphatic carbocycles. The van der Waals surface area contributed by atoms with Gasteiger partial charge >= 0.3 is 0 Å².